The number of aliphatic hydroxyl groups excluding tert-OH is 7. The fourth-order valence-corrected chi connectivity index (χ4v) is 6.19. The average molecular weight is 643 g/mol. The van der Waals surface area contributed by atoms with E-state index >= 15 is 0 Å². The Morgan fingerprint density at radius 2 is 1.14 bits per heavy atom. The lowest BCUT2D eigenvalue weighted by atomic mass is 9.84. The lowest BCUT2D eigenvalue weighted by Crippen LogP contribution is -2.68. The minimum absolute atomic E-state index is 0.0534. The highest BCUT2D eigenvalue weighted by atomic mass is 16.7. The third-order valence-corrected chi connectivity index (χ3v) is 9.04. The van der Waals surface area contributed by atoms with Crippen molar-refractivity contribution in [3.8, 4) is 0 Å². The highest BCUT2D eigenvalue weighted by Crippen LogP contribution is 2.34. The van der Waals surface area contributed by atoms with Crippen LogP contribution in [-0.4, -0.2) is 179 Å². The average Bonchev–Trinajstić information content (AvgIpc) is 3.30. The quantitative estimate of drug-likeness (QED) is 0.0994. The fourth-order valence-electron chi connectivity index (χ4n) is 6.19. The summed E-state index contributed by atoms with van der Waals surface area (Å²) < 4.78 is 34.9. The Kier molecular flexibility index (Phi) is 12.7. The Labute approximate surface area is 254 Å². The summed E-state index contributed by atoms with van der Waals surface area (Å²) in [6.07, 6.45) is -16.6. The first-order valence-electron chi connectivity index (χ1n) is 14.8. The molecule has 0 aromatic carbocycles. The maximum Gasteiger partial charge on any atom is 0.184 e. The molecular formula is C25H50N6O13. The predicted molar refractivity (Wildman–Crippen MR) is 148 cm³/mol. The van der Waals surface area contributed by atoms with E-state index in [2.05, 4.69) is 0 Å². The zero-order valence-corrected chi connectivity index (χ0v) is 24.3. The second kappa shape index (κ2) is 15.4. The minimum atomic E-state index is -1.43. The Morgan fingerprint density at radius 1 is 0.568 bits per heavy atom. The van der Waals surface area contributed by atoms with Gasteiger partial charge in [0.25, 0.3) is 0 Å². The number of ether oxygens (including phenoxy) is 6. The Morgan fingerprint density at radius 3 is 1.75 bits per heavy atom. The molecule has 19 atom stereocenters. The van der Waals surface area contributed by atoms with Crippen LogP contribution in [0.1, 0.15) is 6.42 Å². The maximum absolute atomic E-state index is 11.1. The molecule has 19 N–H and O–H groups in total. The van der Waals surface area contributed by atoms with Gasteiger partial charge in [-0.25, -0.2) is 0 Å². The van der Waals surface area contributed by atoms with E-state index in [1.165, 1.54) is 0 Å². The molecule has 0 aromatic heterocycles. The van der Waals surface area contributed by atoms with Gasteiger partial charge in [0.15, 0.2) is 12.6 Å². The highest BCUT2D eigenvalue weighted by molar-refractivity contribution is 5.02. The molecule has 3 aliphatic heterocycles. The second-order valence-corrected chi connectivity index (χ2v) is 12.0. The summed E-state index contributed by atoms with van der Waals surface area (Å²) in [5, 5.41) is 72.9. The van der Waals surface area contributed by atoms with Crippen LogP contribution in [0, 0.1) is 5.92 Å². The number of aliphatic hydroxyl groups is 7. The van der Waals surface area contributed by atoms with E-state index in [-0.39, 0.29) is 32.7 Å². The normalized spacial score (nSPS) is 51.9. The van der Waals surface area contributed by atoms with Gasteiger partial charge in [0.1, 0.15) is 48.8 Å². The smallest absolute Gasteiger partial charge is 0.184 e. The number of rotatable bonds is 11. The van der Waals surface area contributed by atoms with Crippen molar-refractivity contribution < 1.29 is 64.2 Å². The molecule has 0 amide bonds. The molecule has 4 rings (SSSR count). The van der Waals surface area contributed by atoms with Crippen LogP contribution in [0.2, 0.25) is 0 Å². The van der Waals surface area contributed by atoms with Crippen LogP contribution in [0.3, 0.4) is 0 Å². The van der Waals surface area contributed by atoms with E-state index in [1.807, 2.05) is 0 Å². The number of hydrogen-bond acceptors (Lipinski definition) is 19. The third kappa shape index (κ3) is 7.36. The molecule has 0 spiro atoms. The van der Waals surface area contributed by atoms with Crippen molar-refractivity contribution in [3.63, 3.8) is 0 Å². The first-order valence-corrected chi connectivity index (χ1v) is 14.8. The van der Waals surface area contributed by atoms with Gasteiger partial charge < -0.3 is 98.6 Å². The summed E-state index contributed by atoms with van der Waals surface area (Å²) in [5.74, 6) is -0.815. The van der Waals surface area contributed by atoms with Crippen molar-refractivity contribution in [2.45, 2.75) is 116 Å². The first kappa shape index (κ1) is 36.1. The van der Waals surface area contributed by atoms with E-state index in [0.717, 1.165) is 0 Å². The van der Waals surface area contributed by atoms with Crippen molar-refractivity contribution in [3.05, 3.63) is 0 Å². The van der Waals surface area contributed by atoms with E-state index in [4.69, 9.17) is 62.8 Å². The summed E-state index contributed by atoms with van der Waals surface area (Å²) in [5.41, 5.74) is 35.7. The van der Waals surface area contributed by atoms with Crippen molar-refractivity contribution in [2.24, 2.45) is 40.3 Å². The maximum atomic E-state index is 11.1. The number of hydrogen-bond donors (Lipinski definition) is 13. The summed E-state index contributed by atoms with van der Waals surface area (Å²) in [7, 11) is 0. The van der Waals surface area contributed by atoms with Crippen LogP contribution in [0.5, 0.6) is 0 Å². The lowest BCUT2D eigenvalue weighted by Gasteiger charge is -2.47. The van der Waals surface area contributed by atoms with Gasteiger partial charge in [0.2, 0.25) is 0 Å². The monoisotopic (exact) mass is 642 g/mol. The zero-order chi connectivity index (χ0) is 32.5. The molecule has 0 unspecified atom stereocenters. The summed E-state index contributed by atoms with van der Waals surface area (Å²) in [6.45, 7) is -0.980. The molecule has 19 nitrogen and oxygen atoms in total. The largest absolute Gasteiger partial charge is 0.394 e. The van der Waals surface area contributed by atoms with Gasteiger partial charge in [-0.2, -0.15) is 0 Å². The molecule has 0 radical (unpaired) electrons. The topological polar surface area (TPSA) is 353 Å². The molecular weight excluding hydrogens is 592 g/mol. The molecule has 4 aliphatic rings. The molecule has 3 saturated heterocycles. The highest BCUT2D eigenvalue weighted by Gasteiger charge is 2.52. The van der Waals surface area contributed by atoms with Crippen molar-refractivity contribution >= 4 is 0 Å². The molecule has 258 valence electrons. The lowest BCUT2D eigenvalue weighted by molar-refractivity contribution is -0.306. The third-order valence-electron chi connectivity index (χ3n) is 9.04. The van der Waals surface area contributed by atoms with E-state index < -0.39 is 123 Å². The second-order valence-electron chi connectivity index (χ2n) is 12.0. The van der Waals surface area contributed by atoms with Gasteiger partial charge in [-0.3, -0.25) is 0 Å². The van der Waals surface area contributed by atoms with Crippen molar-refractivity contribution in [1.82, 2.24) is 0 Å². The molecule has 3 heterocycles. The van der Waals surface area contributed by atoms with Crippen LogP contribution in [-0.2, 0) is 28.4 Å². The van der Waals surface area contributed by atoms with Crippen molar-refractivity contribution in [1.29, 1.82) is 0 Å². The molecule has 0 aromatic rings. The first-order chi connectivity index (χ1) is 20.8. The molecule has 1 aliphatic carbocycles. The van der Waals surface area contributed by atoms with Gasteiger partial charge in [0.05, 0.1) is 56.3 Å². The molecule has 0 bridgehead atoms. The van der Waals surface area contributed by atoms with Crippen LogP contribution in [0.15, 0.2) is 0 Å². The fraction of sp³-hybridized carbons (Fsp3) is 1.00. The van der Waals surface area contributed by atoms with Gasteiger partial charge in [-0.1, -0.05) is 0 Å². The predicted octanol–water partition coefficient (Wildman–Crippen LogP) is -8.61. The zero-order valence-electron chi connectivity index (χ0n) is 24.3. The van der Waals surface area contributed by atoms with Crippen molar-refractivity contribution in [2.75, 3.05) is 32.9 Å². The van der Waals surface area contributed by atoms with Gasteiger partial charge >= 0.3 is 0 Å². The Hall–Kier alpha value is -0.760. The summed E-state index contributed by atoms with van der Waals surface area (Å²) in [4.78, 5) is 0. The standard InChI is InChI=1S/C25H50N6O13/c26-2-10-18(35)20(37)14(30)13(40-10)6-39-5-7-12(4-32)42-25(16(7)33)44-23-17(34)8(28)1-9(29)22(23)43-24-15(31)21(38)19(36)11(3-27)41-24/h7-25,32-38H,1-6,26-31H2/t7-,8-,9+,10-,11-,12-,13-,14-,15+,16-,17-,18+,19+,20-,21-,22+,23+,24-,25-/m0/s1. The van der Waals surface area contributed by atoms with Gasteiger partial charge in [-0.15, -0.1) is 0 Å². The van der Waals surface area contributed by atoms with Crippen LogP contribution < -0.4 is 34.4 Å². The molecule has 4 fully saturated rings. The van der Waals surface area contributed by atoms with Crippen LogP contribution in [0.25, 0.3) is 0 Å². The van der Waals surface area contributed by atoms with E-state index in [9.17, 15) is 35.7 Å². The summed E-state index contributed by atoms with van der Waals surface area (Å²) >= 11 is 0. The molecule has 19 heteroatoms. The minimum Gasteiger partial charge on any atom is -0.394 e. The van der Waals surface area contributed by atoms with E-state index in [1.54, 1.807) is 0 Å². The van der Waals surface area contributed by atoms with Gasteiger partial charge in [0, 0.05) is 31.1 Å². The van der Waals surface area contributed by atoms with Gasteiger partial charge in [-0.05, 0) is 6.42 Å². The Balaban J connectivity index is 1.41. The summed E-state index contributed by atoms with van der Waals surface area (Å²) in [6, 6.07) is -3.82. The number of nitrogens with two attached hydrogens (primary N) is 6. The Bertz CT molecular complexity index is 899. The van der Waals surface area contributed by atoms with Crippen LogP contribution >= 0.6 is 0 Å². The van der Waals surface area contributed by atoms with E-state index in [0.29, 0.717) is 0 Å². The molecule has 44 heavy (non-hydrogen) atoms. The van der Waals surface area contributed by atoms with Crippen LogP contribution in [0.4, 0.5) is 0 Å². The molecule has 1 saturated carbocycles. The SMILES string of the molecule is NC[C@@H]1O[C@@H](COC[C@@H]2[C@H](O)[C@H](O[C@@H]3[C@@H](O)[C@@H](N)C[C@@H](N)[C@H]3O[C@@H]3O[C@@H](CN)[C@@H](O)[C@@H](O)[C@H]3N)O[C@H]2CO)[C@H](N)[C@H](O)[C@@H]1O.